The van der Waals surface area contributed by atoms with Crippen LogP contribution in [0.1, 0.15) is 38.1 Å². The Hall–Kier alpha value is -1.78. The summed E-state index contributed by atoms with van der Waals surface area (Å²) in [5.41, 5.74) is 4.28. The van der Waals surface area contributed by atoms with Gasteiger partial charge in [0.25, 0.3) is 5.91 Å². The average Bonchev–Trinajstić information content (AvgIpc) is 2.53. The van der Waals surface area contributed by atoms with Crippen molar-refractivity contribution in [2.45, 2.75) is 38.6 Å². The summed E-state index contributed by atoms with van der Waals surface area (Å²) in [7, 11) is -3.79. The minimum absolute atomic E-state index is 0.0520. The second kappa shape index (κ2) is 9.07. The highest BCUT2D eigenvalue weighted by Crippen LogP contribution is 2.19. The third-order valence-electron chi connectivity index (χ3n) is 3.23. The lowest BCUT2D eigenvalue weighted by atomic mass is 10.2. The highest BCUT2D eigenvalue weighted by Gasteiger charge is 2.24. The van der Waals surface area contributed by atoms with Gasteiger partial charge in [-0.3, -0.25) is 15.6 Å². The van der Waals surface area contributed by atoms with Gasteiger partial charge in [-0.15, -0.1) is 0 Å². The third kappa shape index (κ3) is 5.62. The van der Waals surface area contributed by atoms with Crippen molar-refractivity contribution in [2.24, 2.45) is 0 Å². The summed E-state index contributed by atoms with van der Waals surface area (Å²) in [6.45, 7) is 7.66. The fourth-order valence-corrected chi connectivity index (χ4v) is 3.80. The Labute approximate surface area is 153 Å². The number of benzene rings is 1. The molecule has 7 nitrogen and oxygen atoms in total. The molecule has 0 saturated carbocycles. The van der Waals surface area contributed by atoms with E-state index in [0.717, 1.165) is 18.2 Å². The molecule has 10 heteroatoms. The van der Waals surface area contributed by atoms with E-state index in [9.17, 15) is 17.6 Å². The van der Waals surface area contributed by atoms with Gasteiger partial charge in [0.1, 0.15) is 5.82 Å². The van der Waals surface area contributed by atoms with Crippen LogP contribution in [0.15, 0.2) is 23.1 Å². The molecule has 0 atom stereocenters. The highest BCUT2D eigenvalue weighted by molar-refractivity contribution is 7.89. The lowest BCUT2D eigenvalue weighted by molar-refractivity contribution is 0.0939. The monoisotopic (exact) mass is 390 g/mol. The van der Waals surface area contributed by atoms with Crippen LogP contribution in [0.5, 0.6) is 0 Å². The van der Waals surface area contributed by atoms with Gasteiger partial charge in [-0.25, -0.2) is 12.8 Å². The average molecular weight is 391 g/mol. The summed E-state index contributed by atoms with van der Waals surface area (Å²) in [5, 5.41) is 3.00. The first-order valence-electron chi connectivity index (χ1n) is 7.80. The van der Waals surface area contributed by atoms with Crippen LogP contribution in [0.3, 0.4) is 0 Å². The van der Waals surface area contributed by atoms with E-state index in [1.807, 2.05) is 13.8 Å². The largest absolute Gasteiger partial charge is 0.359 e. The van der Waals surface area contributed by atoms with E-state index < -0.39 is 27.3 Å². The summed E-state index contributed by atoms with van der Waals surface area (Å²) in [4.78, 5) is 12.0. The van der Waals surface area contributed by atoms with Gasteiger partial charge in [0.05, 0.1) is 10.5 Å². The molecule has 0 heterocycles. The van der Waals surface area contributed by atoms with Crippen LogP contribution in [-0.4, -0.2) is 42.9 Å². The van der Waals surface area contributed by atoms with Crippen molar-refractivity contribution < 1.29 is 17.6 Å². The smallest absolute Gasteiger partial charge is 0.272 e. The molecule has 1 aromatic rings. The van der Waals surface area contributed by atoms with E-state index in [4.69, 9.17) is 12.2 Å². The Bertz CT molecular complexity index is 734. The van der Waals surface area contributed by atoms with E-state index in [-0.39, 0.29) is 29.1 Å². The summed E-state index contributed by atoms with van der Waals surface area (Å²) in [6.07, 6.45) is 0. The molecule has 1 rings (SSSR count). The van der Waals surface area contributed by atoms with Gasteiger partial charge in [0, 0.05) is 19.1 Å². The molecule has 1 aromatic carbocycles. The predicted molar refractivity (Wildman–Crippen MR) is 98.0 cm³/mol. The molecular formula is C15H23FN4O3S2. The Kier molecular flexibility index (Phi) is 7.71. The van der Waals surface area contributed by atoms with Crippen LogP contribution in [0.4, 0.5) is 4.39 Å². The first kappa shape index (κ1) is 21.3. The number of nitrogens with one attached hydrogen (secondary N) is 3. The van der Waals surface area contributed by atoms with Crippen molar-refractivity contribution >= 4 is 33.3 Å². The molecule has 1 amide bonds. The van der Waals surface area contributed by atoms with Gasteiger partial charge in [0.2, 0.25) is 10.0 Å². The number of hydrogen-bond donors (Lipinski definition) is 3. The zero-order chi connectivity index (χ0) is 19.2. The number of hydrazine groups is 1. The van der Waals surface area contributed by atoms with E-state index in [1.165, 1.54) is 4.31 Å². The molecule has 0 aliphatic carbocycles. The van der Waals surface area contributed by atoms with E-state index >= 15 is 0 Å². The molecule has 0 fully saturated rings. The summed E-state index contributed by atoms with van der Waals surface area (Å²) < 4.78 is 40.2. The molecule has 0 radical (unpaired) electrons. The van der Waals surface area contributed by atoms with Crippen molar-refractivity contribution in [2.75, 3.05) is 13.1 Å². The molecule has 0 aliphatic rings. The summed E-state index contributed by atoms with van der Waals surface area (Å²) in [6, 6.07) is 3.16. The van der Waals surface area contributed by atoms with Crippen LogP contribution in [0.25, 0.3) is 0 Å². The van der Waals surface area contributed by atoms with Crippen molar-refractivity contribution in [3.63, 3.8) is 0 Å². The Morgan fingerprint density at radius 1 is 1.24 bits per heavy atom. The fraction of sp³-hybridized carbons (Fsp3) is 0.467. The van der Waals surface area contributed by atoms with Crippen LogP contribution in [0.2, 0.25) is 0 Å². The Morgan fingerprint density at radius 2 is 1.84 bits per heavy atom. The molecule has 0 aromatic heterocycles. The lowest BCUT2D eigenvalue weighted by Crippen LogP contribution is -2.48. The number of hydrogen-bond acceptors (Lipinski definition) is 4. The van der Waals surface area contributed by atoms with Gasteiger partial charge >= 0.3 is 0 Å². The maximum absolute atomic E-state index is 14.0. The summed E-state index contributed by atoms with van der Waals surface area (Å²) in [5.74, 6) is -1.66. The van der Waals surface area contributed by atoms with Crippen LogP contribution >= 0.6 is 12.2 Å². The third-order valence-corrected chi connectivity index (χ3v) is 5.50. The maximum atomic E-state index is 14.0. The standard InChI is InChI=1S/C15H23FN4O3S2/c1-5-20(6-2)25(22,23)11-7-8-13(16)12(9-11)14(21)18-19-15(24)17-10(3)4/h7-10H,5-6H2,1-4H3,(H,18,21)(H2,17,19,24). The number of carbonyl (C=O) groups is 1. The first-order chi connectivity index (χ1) is 11.6. The zero-order valence-corrected chi connectivity index (χ0v) is 16.2. The van der Waals surface area contributed by atoms with Gasteiger partial charge in [-0.05, 0) is 44.3 Å². The Balaban J connectivity index is 3.02. The number of sulfonamides is 1. The molecule has 3 N–H and O–H groups in total. The molecule has 25 heavy (non-hydrogen) atoms. The molecule has 0 saturated heterocycles. The zero-order valence-electron chi connectivity index (χ0n) is 14.6. The summed E-state index contributed by atoms with van der Waals surface area (Å²) >= 11 is 4.95. The molecule has 0 bridgehead atoms. The van der Waals surface area contributed by atoms with Crippen molar-refractivity contribution in [3.05, 3.63) is 29.6 Å². The van der Waals surface area contributed by atoms with Crippen molar-refractivity contribution in [1.29, 1.82) is 0 Å². The molecule has 0 unspecified atom stereocenters. The number of nitrogens with zero attached hydrogens (tertiary/aromatic N) is 1. The van der Waals surface area contributed by atoms with Crippen molar-refractivity contribution in [1.82, 2.24) is 20.5 Å². The van der Waals surface area contributed by atoms with E-state index in [2.05, 4.69) is 16.2 Å². The van der Waals surface area contributed by atoms with E-state index in [1.54, 1.807) is 13.8 Å². The highest BCUT2D eigenvalue weighted by atomic mass is 32.2. The number of carbonyl (C=O) groups excluding carboxylic acids is 1. The number of rotatable bonds is 6. The second-order valence-electron chi connectivity index (χ2n) is 5.44. The van der Waals surface area contributed by atoms with Gasteiger partial charge in [-0.2, -0.15) is 4.31 Å². The van der Waals surface area contributed by atoms with Crippen molar-refractivity contribution in [3.8, 4) is 0 Å². The number of thiocarbonyl (C=S) groups is 1. The SMILES string of the molecule is CCN(CC)S(=O)(=O)c1ccc(F)c(C(=O)NNC(=S)NC(C)C)c1. The van der Waals surface area contributed by atoms with Crippen LogP contribution in [-0.2, 0) is 10.0 Å². The van der Waals surface area contributed by atoms with Crippen LogP contribution in [0, 0.1) is 5.82 Å². The quantitative estimate of drug-likeness (QED) is 0.502. The first-order valence-corrected chi connectivity index (χ1v) is 9.64. The molecular weight excluding hydrogens is 367 g/mol. The topological polar surface area (TPSA) is 90.5 Å². The van der Waals surface area contributed by atoms with Gasteiger partial charge < -0.3 is 5.32 Å². The minimum Gasteiger partial charge on any atom is -0.359 e. The van der Waals surface area contributed by atoms with E-state index in [0.29, 0.717) is 0 Å². The normalized spacial score (nSPS) is 11.5. The van der Waals surface area contributed by atoms with Gasteiger partial charge in [0.15, 0.2) is 5.11 Å². The predicted octanol–water partition coefficient (Wildman–Crippen LogP) is 1.37. The van der Waals surface area contributed by atoms with Gasteiger partial charge in [-0.1, -0.05) is 13.8 Å². The maximum Gasteiger partial charge on any atom is 0.272 e. The molecule has 140 valence electrons. The fourth-order valence-electron chi connectivity index (χ4n) is 2.03. The second-order valence-corrected chi connectivity index (χ2v) is 7.78. The number of amides is 1. The van der Waals surface area contributed by atoms with Crippen LogP contribution < -0.4 is 16.2 Å². The lowest BCUT2D eigenvalue weighted by Gasteiger charge is -2.19. The minimum atomic E-state index is -3.79. The molecule has 0 aliphatic heterocycles. The Morgan fingerprint density at radius 3 is 2.36 bits per heavy atom. The molecule has 0 spiro atoms. The number of halogens is 1.